The van der Waals surface area contributed by atoms with E-state index in [1.807, 2.05) is 16.8 Å². The number of aliphatic hydroxyl groups is 1. The molecule has 0 aliphatic carbocycles. The Morgan fingerprint density at radius 1 is 1.25 bits per heavy atom. The van der Waals surface area contributed by atoms with Crippen LogP contribution in [-0.2, 0) is 16.4 Å². The van der Waals surface area contributed by atoms with E-state index in [-0.39, 0.29) is 11.4 Å². The number of fused-ring (bicyclic) bond motifs is 1. The molecule has 2 aromatic rings. The molecule has 130 valence electrons. The molecule has 0 spiro atoms. The van der Waals surface area contributed by atoms with Crippen molar-refractivity contribution in [2.75, 3.05) is 19.8 Å². The highest BCUT2D eigenvalue weighted by Crippen LogP contribution is 2.32. The quantitative estimate of drug-likeness (QED) is 0.811. The summed E-state index contributed by atoms with van der Waals surface area (Å²) in [6, 6.07) is 6.38. The molecule has 2 N–H and O–H groups in total. The maximum Gasteiger partial charge on any atom is 0.240 e. The highest BCUT2D eigenvalue weighted by atomic mass is 32.2. The smallest absolute Gasteiger partial charge is 0.240 e. The van der Waals surface area contributed by atoms with Crippen LogP contribution in [-0.4, -0.2) is 38.9 Å². The number of thiophene rings is 1. The molecule has 1 aromatic carbocycles. The van der Waals surface area contributed by atoms with Crippen LogP contribution in [0.25, 0.3) is 0 Å². The molecule has 24 heavy (non-hydrogen) atoms. The number of nitrogens with one attached hydrogen (secondary N) is 1. The average molecular weight is 369 g/mol. The fourth-order valence-electron chi connectivity index (χ4n) is 2.42. The second kappa shape index (κ2) is 6.72. The van der Waals surface area contributed by atoms with E-state index in [1.165, 1.54) is 23.5 Å². The van der Waals surface area contributed by atoms with Crippen molar-refractivity contribution in [3.63, 3.8) is 0 Å². The Bertz CT molecular complexity index is 800. The van der Waals surface area contributed by atoms with Crippen molar-refractivity contribution in [3.8, 4) is 11.5 Å². The van der Waals surface area contributed by atoms with E-state index in [0.29, 0.717) is 31.1 Å². The van der Waals surface area contributed by atoms with Gasteiger partial charge in [0.2, 0.25) is 10.0 Å². The van der Waals surface area contributed by atoms with Gasteiger partial charge in [-0.15, -0.1) is 0 Å². The van der Waals surface area contributed by atoms with Crippen molar-refractivity contribution < 1.29 is 23.0 Å². The Hall–Kier alpha value is -1.61. The highest BCUT2D eigenvalue weighted by Gasteiger charge is 2.26. The molecule has 1 atom stereocenters. The van der Waals surface area contributed by atoms with Crippen molar-refractivity contribution >= 4 is 21.4 Å². The van der Waals surface area contributed by atoms with Crippen LogP contribution in [0.15, 0.2) is 39.9 Å². The molecule has 1 unspecified atom stereocenters. The van der Waals surface area contributed by atoms with E-state index in [4.69, 9.17) is 9.47 Å². The van der Waals surface area contributed by atoms with Crippen molar-refractivity contribution in [3.05, 3.63) is 40.6 Å². The third-order valence-corrected chi connectivity index (χ3v) is 5.76. The first kappa shape index (κ1) is 17.2. The van der Waals surface area contributed by atoms with Gasteiger partial charge in [-0.1, -0.05) is 0 Å². The standard InChI is InChI=1S/C16H19NO5S2/c1-16(18,9-12-4-7-23-10-12)11-17-24(19,20)13-2-3-14-15(8-13)22-6-5-21-14/h2-4,7-8,10,17-18H,5-6,9,11H2,1H3. The lowest BCUT2D eigenvalue weighted by atomic mass is 9.99. The largest absolute Gasteiger partial charge is 0.486 e. The topological polar surface area (TPSA) is 84.9 Å². The van der Waals surface area contributed by atoms with Gasteiger partial charge in [-0.25, -0.2) is 13.1 Å². The highest BCUT2D eigenvalue weighted by molar-refractivity contribution is 7.89. The number of rotatable bonds is 6. The third kappa shape index (κ3) is 4.07. The van der Waals surface area contributed by atoms with E-state index >= 15 is 0 Å². The van der Waals surface area contributed by atoms with E-state index in [1.54, 1.807) is 13.0 Å². The number of hydrogen-bond acceptors (Lipinski definition) is 6. The molecule has 0 amide bonds. The van der Waals surface area contributed by atoms with Crippen LogP contribution < -0.4 is 14.2 Å². The Morgan fingerprint density at radius 2 is 2.00 bits per heavy atom. The van der Waals surface area contributed by atoms with Gasteiger partial charge in [0.15, 0.2) is 11.5 Å². The number of sulfonamides is 1. The summed E-state index contributed by atoms with van der Waals surface area (Å²) in [5, 5.41) is 14.3. The SMILES string of the molecule is CC(O)(CNS(=O)(=O)c1ccc2c(c1)OCCO2)Cc1ccsc1. The van der Waals surface area contributed by atoms with Crippen LogP contribution in [0, 0.1) is 0 Å². The van der Waals surface area contributed by atoms with Gasteiger partial charge < -0.3 is 14.6 Å². The van der Waals surface area contributed by atoms with Gasteiger partial charge in [0.1, 0.15) is 13.2 Å². The predicted molar refractivity (Wildman–Crippen MR) is 91.3 cm³/mol. The van der Waals surface area contributed by atoms with Gasteiger partial charge in [-0.05, 0) is 41.4 Å². The molecule has 0 saturated heterocycles. The van der Waals surface area contributed by atoms with Crippen LogP contribution in [0.2, 0.25) is 0 Å². The monoisotopic (exact) mass is 369 g/mol. The van der Waals surface area contributed by atoms with Gasteiger partial charge in [-0.2, -0.15) is 11.3 Å². The second-order valence-electron chi connectivity index (χ2n) is 5.94. The Morgan fingerprint density at radius 3 is 2.71 bits per heavy atom. The van der Waals surface area contributed by atoms with Crippen molar-refractivity contribution in [1.82, 2.24) is 4.72 Å². The van der Waals surface area contributed by atoms with Gasteiger partial charge in [-0.3, -0.25) is 0 Å². The number of ether oxygens (including phenoxy) is 2. The maximum absolute atomic E-state index is 12.5. The minimum Gasteiger partial charge on any atom is -0.486 e. The van der Waals surface area contributed by atoms with Crippen molar-refractivity contribution in [2.24, 2.45) is 0 Å². The molecule has 6 nitrogen and oxygen atoms in total. The van der Waals surface area contributed by atoms with E-state index in [2.05, 4.69) is 4.72 Å². The molecule has 0 radical (unpaired) electrons. The molecule has 2 heterocycles. The second-order valence-corrected chi connectivity index (χ2v) is 8.48. The lowest BCUT2D eigenvalue weighted by molar-refractivity contribution is 0.0658. The lowest BCUT2D eigenvalue weighted by Gasteiger charge is -2.23. The minimum atomic E-state index is -3.75. The van der Waals surface area contributed by atoms with Crippen LogP contribution >= 0.6 is 11.3 Å². The third-order valence-electron chi connectivity index (χ3n) is 3.63. The summed E-state index contributed by atoms with van der Waals surface area (Å²) in [4.78, 5) is 0.0816. The summed E-state index contributed by atoms with van der Waals surface area (Å²) in [6.45, 7) is 2.36. The molecule has 8 heteroatoms. The summed E-state index contributed by atoms with van der Waals surface area (Å²) < 4.78 is 38.2. The van der Waals surface area contributed by atoms with Crippen molar-refractivity contribution in [1.29, 1.82) is 0 Å². The van der Waals surface area contributed by atoms with Crippen LogP contribution in [0.3, 0.4) is 0 Å². The molecule has 3 rings (SSSR count). The summed E-state index contributed by atoms with van der Waals surface area (Å²) in [5.74, 6) is 0.943. The summed E-state index contributed by atoms with van der Waals surface area (Å²) >= 11 is 1.54. The lowest BCUT2D eigenvalue weighted by Crippen LogP contribution is -2.42. The maximum atomic E-state index is 12.5. The molecular weight excluding hydrogens is 350 g/mol. The Kier molecular flexibility index (Phi) is 4.82. The zero-order valence-electron chi connectivity index (χ0n) is 13.2. The molecular formula is C16H19NO5S2. The minimum absolute atomic E-state index is 0.0816. The van der Waals surface area contributed by atoms with E-state index < -0.39 is 15.6 Å². The molecule has 1 aromatic heterocycles. The van der Waals surface area contributed by atoms with Crippen molar-refractivity contribution in [2.45, 2.75) is 23.8 Å². The van der Waals surface area contributed by atoms with E-state index in [0.717, 1.165) is 5.56 Å². The molecule has 0 fully saturated rings. The molecule has 0 saturated carbocycles. The first-order valence-corrected chi connectivity index (χ1v) is 9.91. The summed E-state index contributed by atoms with van der Waals surface area (Å²) in [5.41, 5.74) is -0.203. The predicted octanol–water partition coefficient (Wildman–Crippen LogP) is 1.79. The molecule has 0 bridgehead atoms. The normalized spacial score (nSPS) is 16.6. The summed E-state index contributed by atoms with van der Waals surface area (Å²) in [6.07, 6.45) is 0.375. The van der Waals surface area contributed by atoms with Crippen LogP contribution in [0.5, 0.6) is 11.5 Å². The first-order valence-electron chi connectivity index (χ1n) is 7.49. The van der Waals surface area contributed by atoms with Crippen LogP contribution in [0.1, 0.15) is 12.5 Å². The Labute approximate surface area is 145 Å². The van der Waals surface area contributed by atoms with Gasteiger partial charge in [0.25, 0.3) is 0 Å². The number of hydrogen-bond donors (Lipinski definition) is 2. The first-order chi connectivity index (χ1) is 11.4. The molecule has 1 aliphatic rings. The van der Waals surface area contributed by atoms with Gasteiger partial charge >= 0.3 is 0 Å². The van der Waals surface area contributed by atoms with Gasteiger partial charge in [0.05, 0.1) is 10.5 Å². The van der Waals surface area contributed by atoms with E-state index in [9.17, 15) is 13.5 Å². The van der Waals surface area contributed by atoms with Crippen LogP contribution in [0.4, 0.5) is 0 Å². The Balaban J connectivity index is 1.69. The zero-order chi connectivity index (χ0) is 17.2. The zero-order valence-corrected chi connectivity index (χ0v) is 14.8. The average Bonchev–Trinajstić information content (AvgIpc) is 3.05. The fourth-order valence-corrected chi connectivity index (χ4v) is 4.27. The van der Waals surface area contributed by atoms with Gasteiger partial charge in [0, 0.05) is 19.0 Å². The number of benzene rings is 1. The molecule has 1 aliphatic heterocycles. The summed E-state index contributed by atoms with van der Waals surface area (Å²) in [7, 11) is -3.75. The fraction of sp³-hybridized carbons (Fsp3) is 0.375.